The van der Waals surface area contributed by atoms with Crippen LogP contribution in [0.25, 0.3) is 0 Å². The molecule has 4 nitrogen and oxygen atoms in total. The van der Waals surface area contributed by atoms with Gasteiger partial charge >= 0.3 is 0 Å². The molecule has 3 rings (SSSR count). The largest absolute Gasteiger partial charge is 0.368 e. The average molecular weight is 296 g/mol. The Kier molecular flexibility index (Phi) is 3.66. The summed E-state index contributed by atoms with van der Waals surface area (Å²) in [5.74, 6) is 6.26. The zero-order valence-electron chi connectivity index (χ0n) is 12.9. The number of benzene rings is 1. The number of fused-ring (bicyclic) bond motifs is 1. The second kappa shape index (κ2) is 5.49. The van der Waals surface area contributed by atoms with Crippen LogP contribution in [0.3, 0.4) is 0 Å². The molecule has 114 valence electrons. The van der Waals surface area contributed by atoms with E-state index in [4.69, 9.17) is 5.73 Å². The summed E-state index contributed by atoms with van der Waals surface area (Å²) in [6.45, 7) is 4.58. The van der Waals surface area contributed by atoms with Gasteiger partial charge in [0.15, 0.2) is 0 Å². The number of nitrogens with two attached hydrogens (primary N) is 1. The number of primary amides is 1. The number of amides is 2. The van der Waals surface area contributed by atoms with Gasteiger partial charge in [0, 0.05) is 18.5 Å². The molecule has 2 fully saturated rings. The topological polar surface area (TPSA) is 63.4 Å². The summed E-state index contributed by atoms with van der Waals surface area (Å²) >= 11 is 0. The van der Waals surface area contributed by atoms with Crippen molar-refractivity contribution in [3.05, 3.63) is 34.9 Å². The first-order valence-electron chi connectivity index (χ1n) is 7.72. The van der Waals surface area contributed by atoms with E-state index in [1.807, 2.05) is 26.0 Å². The summed E-state index contributed by atoms with van der Waals surface area (Å²) in [4.78, 5) is 26.2. The molecule has 1 aliphatic heterocycles. The number of nitrogens with zero attached hydrogens (tertiary/aromatic N) is 1. The van der Waals surface area contributed by atoms with Gasteiger partial charge in [-0.2, -0.15) is 0 Å². The molecule has 22 heavy (non-hydrogen) atoms. The molecule has 1 aromatic carbocycles. The fraction of sp³-hybridized carbons (Fsp3) is 0.444. The summed E-state index contributed by atoms with van der Waals surface area (Å²) in [6.07, 6.45) is 1.74. The van der Waals surface area contributed by atoms with Gasteiger partial charge in [-0.3, -0.25) is 9.59 Å². The molecule has 1 aromatic rings. The Morgan fingerprint density at radius 2 is 2.18 bits per heavy atom. The highest BCUT2D eigenvalue weighted by Gasteiger charge is 2.56. The number of rotatable bonds is 2. The third kappa shape index (κ3) is 2.48. The Hall–Kier alpha value is -2.28. The number of piperidine rings is 1. The molecule has 1 aliphatic carbocycles. The van der Waals surface area contributed by atoms with E-state index in [-0.39, 0.29) is 11.8 Å². The zero-order chi connectivity index (χ0) is 15.9. The maximum atomic E-state index is 12.9. The van der Waals surface area contributed by atoms with E-state index in [0.29, 0.717) is 18.0 Å². The minimum Gasteiger partial charge on any atom is -0.368 e. The van der Waals surface area contributed by atoms with Gasteiger partial charge in [0.25, 0.3) is 5.91 Å². The van der Waals surface area contributed by atoms with Gasteiger partial charge in [-0.1, -0.05) is 24.8 Å². The van der Waals surface area contributed by atoms with Crippen molar-refractivity contribution in [2.24, 2.45) is 17.6 Å². The van der Waals surface area contributed by atoms with Crippen LogP contribution in [-0.2, 0) is 4.79 Å². The molecule has 3 atom stereocenters. The second-order valence-electron chi connectivity index (χ2n) is 6.17. The van der Waals surface area contributed by atoms with E-state index in [2.05, 4.69) is 11.8 Å². The van der Waals surface area contributed by atoms with Gasteiger partial charge in [0.1, 0.15) is 6.04 Å². The number of likely N-dealkylation sites (tertiary alicyclic amines) is 1. The number of carbonyl (C=O) groups excluding carboxylic acids is 2. The van der Waals surface area contributed by atoms with Crippen LogP contribution in [-0.4, -0.2) is 29.3 Å². The van der Waals surface area contributed by atoms with Crippen molar-refractivity contribution in [2.75, 3.05) is 6.54 Å². The third-order valence-corrected chi connectivity index (χ3v) is 4.51. The fourth-order valence-electron chi connectivity index (χ4n) is 3.33. The lowest BCUT2D eigenvalue weighted by molar-refractivity contribution is -0.122. The smallest absolute Gasteiger partial charge is 0.255 e. The Labute approximate surface area is 130 Å². The molecule has 0 radical (unpaired) electrons. The van der Waals surface area contributed by atoms with Gasteiger partial charge in [-0.25, -0.2) is 0 Å². The summed E-state index contributed by atoms with van der Waals surface area (Å²) in [5.41, 5.74) is 7.87. The third-order valence-electron chi connectivity index (χ3n) is 4.51. The summed E-state index contributed by atoms with van der Waals surface area (Å²) < 4.78 is 0. The highest BCUT2D eigenvalue weighted by molar-refractivity contribution is 6.00. The summed E-state index contributed by atoms with van der Waals surface area (Å²) in [7, 11) is 0. The second-order valence-corrected chi connectivity index (χ2v) is 6.17. The number of carbonyl (C=O) groups is 2. The van der Waals surface area contributed by atoms with Crippen molar-refractivity contribution in [3.63, 3.8) is 0 Å². The highest BCUT2D eigenvalue weighted by atomic mass is 16.2. The maximum absolute atomic E-state index is 12.9. The molecule has 4 heteroatoms. The molecule has 2 N–H and O–H groups in total. The Bertz CT molecular complexity index is 699. The minimum absolute atomic E-state index is 0.128. The van der Waals surface area contributed by atoms with Crippen LogP contribution in [0.15, 0.2) is 18.2 Å². The molecular formula is C18H20N2O2. The Morgan fingerprint density at radius 3 is 2.86 bits per heavy atom. The van der Waals surface area contributed by atoms with Gasteiger partial charge < -0.3 is 10.6 Å². The number of hydrogen-bond donors (Lipinski definition) is 1. The number of aryl methyl sites for hydroxylation is 1. The van der Waals surface area contributed by atoms with Crippen LogP contribution in [0, 0.1) is 30.6 Å². The van der Waals surface area contributed by atoms with Gasteiger partial charge in [-0.05, 0) is 42.9 Å². The molecule has 0 aromatic heterocycles. The highest BCUT2D eigenvalue weighted by Crippen LogP contribution is 2.49. The van der Waals surface area contributed by atoms with Gasteiger partial charge in [0.2, 0.25) is 5.91 Å². The monoisotopic (exact) mass is 296 g/mol. The lowest BCUT2D eigenvalue weighted by atomic mass is 10.0. The fourth-order valence-corrected chi connectivity index (χ4v) is 3.33. The summed E-state index contributed by atoms with van der Waals surface area (Å²) in [5, 5.41) is 0. The van der Waals surface area contributed by atoms with Crippen LogP contribution in [0.5, 0.6) is 0 Å². The molecular weight excluding hydrogens is 276 g/mol. The van der Waals surface area contributed by atoms with E-state index in [1.165, 1.54) is 0 Å². The maximum Gasteiger partial charge on any atom is 0.255 e. The first-order chi connectivity index (χ1) is 10.5. The van der Waals surface area contributed by atoms with Crippen molar-refractivity contribution in [3.8, 4) is 11.8 Å². The van der Waals surface area contributed by atoms with E-state index in [0.717, 1.165) is 24.0 Å². The molecule has 1 saturated heterocycles. The first kappa shape index (κ1) is 14.6. The van der Waals surface area contributed by atoms with Crippen LogP contribution in [0.4, 0.5) is 0 Å². The average Bonchev–Trinajstić information content (AvgIpc) is 3.14. The van der Waals surface area contributed by atoms with Crippen molar-refractivity contribution in [1.82, 2.24) is 4.90 Å². The normalized spacial score (nSPS) is 25.2. The Balaban J connectivity index is 1.94. The summed E-state index contributed by atoms with van der Waals surface area (Å²) in [6, 6.07) is 5.18. The minimum atomic E-state index is -0.453. The van der Waals surface area contributed by atoms with Crippen LogP contribution < -0.4 is 5.73 Å². The van der Waals surface area contributed by atoms with Crippen LogP contribution >= 0.6 is 0 Å². The number of hydrogen-bond acceptors (Lipinski definition) is 2. The van der Waals surface area contributed by atoms with Crippen molar-refractivity contribution in [1.29, 1.82) is 0 Å². The molecule has 0 unspecified atom stereocenters. The quantitative estimate of drug-likeness (QED) is 0.844. The predicted octanol–water partition coefficient (Wildman–Crippen LogP) is 1.70. The molecule has 1 saturated carbocycles. The molecule has 0 spiro atoms. The lowest BCUT2D eigenvalue weighted by Crippen LogP contribution is -2.46. The van der Waals surface area contributed by atoms with Crippen LogP contribution in [0.2, 0.25) is 0 Å². The predicted molar refractivity (Wildman–Crippen MR) is 84.0 cm³/mol. The first-order valence-corrected chi connectivity index (χ1v) is 7.72. The molecule has 1 heterocycles. The Morgan fingerprint density at radius 1 is 1.41 bits per heavy atom. The van der Waals surface area contributed by atoms with E-state index in [1.54, 1.807) is 11.0 Å². The molecule has 0 bridgehead atoms. The SMILES string of the molecule is CCC#Cc1cc(C)ccc1C(=O)N1C[C@H]2C[C@H]2[C@H]1C(N)=O. The van der Waals surface area contributed by atoms with Crippen LogP contribution in [0.1, 0.15) is 41.3 Å². The van der Waals surface area contributed by atoms with Crippen molar-refractivity contribution < 1.29 is 9.59 Å². The van der Waals surface area contributed by atoms with Gasteiger partial charge in [-0.15, -0.1) is 0 Å². The van der Waals surface area contributed by atoms with Crippen molar-refractivity contribution >= 4 is 11.8 Å². The molecule has 2 amide bonds. The molecule has 2 aliphatic rings. The standard InChI is InChI=1S/C18H20N2O2/c1-3-4-5-12-8-11(2)6-7-14(12)18(22)20-10-13-9-15(13)16(20)17(19)21/h6-8,13,15-16H,3,9-10H2,1-2H3,(H2,19,21)/t13-,15-,16+/m1/s1. The van der Waals surface area contributed by atoms with Crippen molar-refractivity contribution in [2.45, 2.75) is 32.7 Å². The zero-order valence-corrected chi connectivity index (χ0v) is 12.9. The lowest BCUT2D eigenvalue weighted by Gasteiger charge is -2.25. The van der Waals surface area contributed by atoms with E-state index < -0.39 is 11.9 Å². The van der Waals surface area contributed by atoms with E-state index in [9.17, 15) is 9.59 Å². The van der Waals surface area contributed by atoms with E-state index >= 15 is 0 Å². The van der Waals surface area contributed by atoms with Gasteiger partial charge in [0.05, 0.1) is 5.56 Å².